The number of carbonyl (C=O) groups is 1. The van der Waals surface area contributed by atoms with Crippen LogP contribution in [0, 0.1) is 5.41 Å². The molecule has 2 saturated heterocycles. The van der Waals surface area contributed by atoms with Crippen molar-refractivity contribution in [1.29, 1.82) is 0 Å². The topological polar surface area (TPSA) is 54.0 Å². The molecule has 0 aromatic rings. The predicted octanol–water partition coefficient (Wildman–Crippen LogP) is 3.08. The third-order valence-electron chi connectivity index (χ3n) is 3.44. The van der Waals surface area contributed by atoms with Crippen molar-refractivity contribution in [3.05, 3.63) is 12.2 Å². The highest BCUT2D eigenvalue weighted by Crippen LogP contribution is 2.31. The highest BCUT2D eigenvalue weighted by atomic mass is 16.7. The summed E-state index contributed by atoms with van der Waals surface area (Å²) in [6.07, 6.45) is 2.83. The van der Waals surface area contributed by atoms with Gasteiger partial charge < -0.3 is 18.9 Å². The normalized spacial score (nSPS) is 35.4. The third kappa shape index (κ3) is 5.07. The number of hydrogen-bond donors (Lipinski definition) is 0. The van der Waals surface area contributed by atoms with Crippen LogP contribution in [0.4, 0.5) is 0 Å². The predicted molar refractivity (Wildman–Crippen MR) is 84.4 cm³/mol. The highest BCUT2D eigenvalue weighted by molar-refractivity contribution is 5.76. The number of carbonyl (C=O) groups excluding carboxylic acids is 1. The average molecular weight is 314 g/mol. The fraction of sp³-hybridized carbons (Fsp3) is 0.824. The molecule has 0 spiro atoms. The maximum Gasteiger partial charge on any atom is 0.335 e. The Morgan fingerprint density at radius 3 is 2.41 bits per heavy atom. The minimum atomic E-state index is -0.547. The largest absolute Gasteiger partial charge is 0.455 e. The molecule has 2 fully saturated rings. The first-order chi connectivity index (χ1) is 10.3. The summed E-state index contributed by atoms with van der Waals surface area (Å²) in [6, 6.07) is 0. The Labute approximate surface area is 133 Å². The van der Waals surface area contributed by atoms with Gasteiger partial charge in [0.15, 0.2) is 18.5 Å². The van der Waals surface area contributed by atoms with Gasteiger partial charge in [0.05, 0.1) is 0 Å². The quantitative estimate of drug-likeness (QED) is 0.579. The molecule has 0 saturated carbocycles. The van der Waals surface area contributed by atoms with E-state index < -0.39 is 12.2 Å². The van der Waals surface area contributed by atoms with Crippen LogP contribution in [-0.2, 0) is 23.7 Å². The molecule has 2 aliphatic rings. The van der Waals surface area contributed by atoms with Crippen molar-refractivity contribution in [2.45, 2.75) is 78.7 Å². The summed E-state index contributed by atoms with van der Waals surface area (Å²) < 4.78 is 22.0. The lowest BCUT2D eigenvalue weighted by atomic mass is 9.92. The lowest BCUT2D eigenvalue weighted by molar-refractivity contribution is -0.288. The van der Waals surface area contributed by atoms with Crippen molar-refractivity contribution in [3.63, 3.8) is 0 Å². The molecule has 2 heterocycles. The second kappa shape index (κ2) is 8.09. The molecule has 0 bridgehead atoms. The molecule has 0 aromatic heterocycles. The van der Waals surface area contributed by atoms with Crippen molar-refractivity contribution < 1.29 is 23.7 Å². The van der Waals surface area contributed by atoms with Gasteiger partial charge in [0.1, 0.15) is 12.2 Å². The Balaban J connectivity index is 0.00000116. The zero-order valence-corrected chi connectivity index (χ0v) is 14.8. The number of esters is 1. The fourth-order valence-corrected chi connectivity index (χ4v) is 2.45. The molecule has 5 heteroatoms. The van der Waals surface area contributed by atoms with Crippen LogP contribution in [0.3, 0.4) is 0 Å². The van der Waals surface area contributed by atoms with E-state index in [9.17, 15) is 4.79 Å². The Morgan fingerprint density at radius 1 is 1.23 bits per heavy atom. The van der Waals surface area contributed by atoms with Crippen LogP contribution in [-0.4, -0.2) is 43.8 Å². The van der Waals surface area contributed by atoms with Crippen LogP contribution in [0.25, 0.3) is 0 Å². The molecule has 1 unspecified atom stereocenters. The number of rotatable bonds is 2. The van der Waals surface area contributed by atoms with Gasteiger partial charge in [-0.1, -0.05) is 46.8 Å². The molecule has 0 aliphatic carbocycles. The minimum Gasteiger partial charge on any atom is -0.455 e. The van der Waals surface area contributed by atoms with E-state index >= 15 is 0 Å². The maximum absolute atomic E-state index is 11.8. The van der Waals surface area contributed by atoms with Crippen LogP contribution in [0.2, 0.25) is 0 Å². The van der Waals surface area contributed by atoms with Crippen LogP contribution in [0.5, 0.6) is 0 Å². The van der Waals surface area contributed by atoms with Crippen molar-refractivity contribution in [1.82, 2.24) is 0 Å². The van der Waals surface area contributed by atoms with Crippen molar-refractivity contribution in [2.75, 3.05) is 7.11 Å². The third-order valence-corrected chi connectivity index (χ3v) is 3.44. The maximum atomic E-state index is 11.8. The summed E-state index contributed by atoms with van der Waals surface area (Å²) in [5.41, 5.74) is 0.0497. The average Bonchev–Trinajstić information content (AvgIpc) is 2.46. The van der Waals surface area contributed by atoms with Gasteiger partial charge in [0.25, 0.3) is 0 Å². The van der Waals surface area contributed by atoms with Gasteiger partial charge in [-0.15, -0.1) is 0 Å². The van der Waals surface area contributed by atoms with Crippen LogP contribution >= 0.6 is 0 Å². The number of hydrogen-bond acceptors (Lipinski definition) is 5. The summed E-state index contributed by atoms with van der Waals surface area (Å²) in [5.74, 6) is -0.343. The summed E-state index contributed by atoms with van der Waals surface area (Å²) in [6.45, 7) is 12.2. The first-order valence-electron chi connectivity index (χ1n) is 8.04. The van der Waals surface area contributed by atoms with Gasteiger partial charge in [-0.25, -0.2) is 4.79 Å². The first kappa shape index (κ1) is 19.1. The zero-order chi connectivity index (χ0) is 16.9. The van der Waals surface area contributed by atoms with Crippen LogP contribution in [0.15, 0.2) is 12.2 Å². The number of methoxy groups -OCH3 is 1. The van der Waals surface area contributed by atoms with Gasteiger partial charge in [-0.05, 0) is 12.3 Å². The Bertz CT molecular complexity index is 385. The first-order valence-corrected chi connectivity index (χ1v) is 8.04. The van der Waals surface area contributed by atoms with Gasteiger partial charge in [-0.2, -0.15) is 0 Å². The zero-order valence-electron chi connectivity index (χ0n) is 14.8. The van der Waals surface area contributed by atoms with E-state index in [1.54, 1.807) is 0 Å². The molecule has 0 amide bonds. The van der Waals surface area contributed by atoms with E-state index in [1.807, 2.05) is 26.8 Å². The molecule has 5 nitrogen and oxygen atoms in total. The molecule has 128 valence electrons. The number of fused-ring (bicyclic) bond motifs is 1. The van der Waals surface area contributed by atoms with Gasteiger partial charge in [-0.3, -0.25) is 0 Å². The van der Waals surface area contributed by atoms with E-state index in [0.29, 0.717) is 6.42 Å². The van der Waals surface area contributed by atoms with E-state index in [4.69, 9.17) is 18.9 Å². The second-order valence-corrected chi connectivity index (χ2v) is 6.43. The standard InChI is InChI=1S/C15H24O5.C2H6/c1-9-18-10(6-7-15(2,3)4)13-11(19-9)8-12(17-5)14(16)20-13;1-2/h6-7,9-13H,8H2,1-5H3;1-2H3/b7-6+;/t9?,10-,11+,12-,13+;/m1./s1. The molecule has 0 radical (unpaired) electrons. The molecular formula is C17H30O5. The van der Waals surface area contributed by atoms with E-state index in [2.05, 4.69) is 26.8 Å². The molecular weight excluding hydrogens is 284 g/mol. The van der Waals surface area contributed by atoms with Gasteiger partial charge >= 0.3 is 5.97 Å². The molecule has 0 N–H and O–H groups in total. The second-order valence-electron chi connectivity index (χ2n) is 6.43. The monoisotopic (exact) mass is 314 g/mol. The Hall–Kier alpha value is -0.910. The van der Waals surface area contributed by atoms with E-state index in [0.717, 1.165) is 0 Å². The Morgan fingerprint density at radius 2 is 1.86 bits per heavy atom. The van der Waals surface area contributed by atoms with Crippen LogP contribution in [0.1, 0.15) is 48.0 Å². The van der Waals surface area contributed by atoms with Crippen molar-refractivity contribution in [3.8, 4) is 0 Å². The van der Waals surface area contributed by atoms with Gasteiger partial charge in [0, 0.05) is 13.5 Å². The highest BCUT2D eigenvalue weighted by Gasteiger charge is 2.46. The molecule has 5 atom stereocenters. The lowest BCUT2D eigenvalue weighted by Gasteiger charge is -2.43. The summed E-state index contributed by atoms with van der Waals surface area (Å²) in [5, 5.41) is 0. The Kier molecular flexibility index (Phi) is 7.03. The van der Waals surface area contributed by atoms with Crippen LogP contribution < -0.4 is 0 Å². The van der Waals surface area contributed by atoms with Crippen molar-refractivity contribution in [2.24, 2.45) is 5.41 Å². The molecule has 22 heavy (non-hydrogen) atoms. The number of ether oxygens (including phenoxy) is 4. The molecule has 2 rings (SSSR count). The fourth-order valence-electron chi connectivity index (χ4n) is 2.45. The molecule has 0 aromatic carbocycles. The SMILES string of the molecule is CC.CO[C@@H]1C[C@@H]2OC(C)O[C@H](/C=C/C(C)(C)C)[C@@H]2OC1=O. The minimum absolute atomic E-state index is 0.0497. The number of allylic oxidation sites excluding steroid dienone is 1. The summed E-state index contributed by atoms with van der Waals surface area (Å²) in [7, 11) is 1.51. The lowest BCUT2D eigenvalue weighted by Crippen LogP contribution is -2.56. The molecule has 2 aliphatic heterocycles. The summed E-state index contributed by atoms with van der Waals surface area (Å²) >= 11 is 0. The van der Waals surface area contributed by atoms with E-state index in [1.165, 1.54) is 7.11 Å². The van der Waals surface area contributed by atoms with Crippen molar-refractivity contribution >= 4 is 5.97 Å². The summed E-state index contributed by atoms with van der Waals surface area (Å²) in [4.78, 5) is 11.8. The van der Waals surface area contributed by atoms with Gasteiger partial charge in [0.2, 0.25) is 0 Å². The smallest absolute Gasteiger partial charge is 0.335 e. The van der Waals surface area contributed by atoms with E-state index in [-0.39, 0.29) is 29.9 Å².